The largest absolute Gasteiger partial charge is 0.573 e. The number of phenolic OH excluding ortho intramolecular Hbond substituents is 1. The molecular formula is C21H18F3NO4. The van der Waals surface area contributed by atoms with Crippen LogP contribution in [0.1, 0.15) is 17.3 Å². The first-order valence-electron chi connectivity index (χ1n) is 8.71. The van der Waals surface area contributed by atoms with E-state index in [2.05, 4.69) is 10.1 Å². The van der Waals surface area contributed by atoms with E-state index in [1.165, 1.54) is 6.07 Å². The molecule has 152 valence electrons. The Bertz CT molecular complexity index is 1050. The molecule has 1 atom stereocenters. The van der Waals surface area contributed by atoms with Crippen molar-refractivity contribution in [3.63, 3.8) is 0 Å². The Kier molecular flexibility index (Phi) is 5.65. The molecule has 0 aromatic heterocycles. The lowest BCUT2D eigenvalue weighted by Gasteiger charge is -2.13. The zero-order valence-electron chi connectivity index (χ0n) is 15.3. The number of hydrogen-bond donors (Lipinski definition) is 3. The predicted octanol–water partition coefficient (Wildman–Crippen LogP) is 4.22. The van der Waals surface area contributed by atoms with Gasteiger partial charge in [-0.2, -0.15) is 0 Å². The van der Waals surface area contributed by atoms with Crippen molar-refractivity contribution in [2.45, 2.75) is 19.3 Å². The highest BCUT2D eigenvalue weighted by molar-refractivity contribution is 5.99. The maximum absolute atomic E-state index is 12.5. The highest BCUT2D eigenvalue weighted by Gasteiger charge is 2.32. The number of aromatic hydroxyl groups is 1. The number of nitrogens with one attached hydrogen (secondary N) is 1. The number of carbonyl (C=O) groups excluding carboxylic acids is 1. The van der Waals surface area contributed by atoms with Gasteiger partial charge in [0.15, 0.2) is 11.5 Å². The van der Waals surface area contributed by atoms with Crippen LogP contribution in [-0.2, 0) is 0 Å². The Hall–Kier alpha value is -3.26. The molecule has 0 unspecified atom stereocenters. The first-order valence-corrected chi connectivity index (χ1v) is 8.71. The summed E-state index contributed by atoms with van der Waals surface area (Å²) in [6.07, 6.45) is -4.91. The Morgan fingerprint density at radius 2 is 1.66 bits per heavy atom. The maximum atomic E-state index is 12.5. The maximum Gasteiger partial charge on any atom is 0.573 e. The summed E-state index contributed by atoms with van der Waals surface area (Å²) in [5, 5.41) is 22.8. The smallest absolute Gasteiger partial charge is 0.504 e. The summed E-state index contributed by atoms with van der Waals surface area (Å²) in [7, 11) is 0. The second-order valence-corrected chi connectivity index (χ2v) is 6.56. The molecule has 1 amide bonds. The van der Waals surface area contributed by atoms with Gasteiger partial charge in [-0.25, -0.2) is 0 Å². The molecule has 0 aliphatic heterocycles. The molecule has 0 bridgehead atoms. The highest BCUT2D eigenvalue weighted by Crippen LogP contribution is 2.36. The highest BCUT2D eigenvalue weighted by atomic mass is 19.4. The Morgan fingerprint density at radius 3 is 2.34 bits per heavy atom. The summed E-state index contributed by atoms with van der Waals surface area (Å²) in [6, 6.07) is 13.6. The van der Waals surface area contributed by atoms with E-state index in [1.807, 2.05) is 0 Å². The minimum Gasteiger partial charge on any atom is -0.504 e. The van der Waals surface area contributed by atoms with Crippen LogP contribution in [0.15, 0.2) is 54.6 Å². The van der Waals surface area contributed by atoms with E-state index >= 15 is 0 Å². The standard InChI is InChI=1S/C21H18F3NO4/c1-12(11-26)25-20(28)17-5-4-13-8-14(2-3-15(13)9-17)16-6-7-18(27)19(10-16)29-21(22,23)24/h2-10,12,26-27H,11H2,1H3,(H,25,28)/t12-/m1/s1. The number of aliphatic hydroxyl groups excluding tert-OH is 1. The number of phenols is 1. The van der Waals surface area contributed by atoms with Crippen LogP contribution < -0.4 is 10.1 Å². The van der Waals surface area contributed by atoms with Crippen LogP contribution in [0.4, 0.5) is 13.2 Å². The van der Waals surface area contributed by atoms with Crippen molar-refractivity contribution in [3.05, 3.63) is 60.2 Å². The normalized spacial score (nSPS) is 12.6. The van der Waals surface area contributed by atoms with Gasteiger partial charge in [0, 0.05) is 11.6 Å². The van der Waals surface area contributed by atoms with Crippen molar-refractivity contribution in [1.82, 2.24) is 5.32 Å². The van der Waals surface area contributed by atoms with Gasteiger partial charge in [0.25, 0.3) is 5.91 Å². The zero-order chi connectivity index (χ0) is 21.2. The second kappa shape index (κ2) is 8.00. The summed E-state index contributed by atoms with van der Waals surface area (Å²) in [6.45, 7) is 1.51. The molecule has 0 fully saturated rings. The van der Waals surface area contributed by atoms with E-state index < -0.39 is 17.9 Å². The van der Waals surface area contributed by atoms with Crippen molar-refractivity contribution >= 4 is 16.7 Å². The lowest BCUT2D eigenvalue weighted by Crippen LogP contribution is -2.34. The van der Waals surface area contributed by atoms with Crippen LogP contribution >= 0.6 is 0 Å². The SMILES string of the molecule is C[C@H](CO)NC(=O)c1ccc2cc(-c3ccc(O)c(OC(F)(F)F)c3)ccc2c1. The average Bonchev–Trinajstić information content (AvgIpc) is 2.67. The lowest BCUT2D eigenvalue weighted by atomic mass is 9.99. The van der Waals surface area contributed by atoms with Crippen molar-refractivity contribution in [2.24, 2.45) is 0 Å². The topological polar surface area (TPSA) is 78.8 Å². The molecule has 29 heavy (non-hydrogen) atoms. The quantitative estimate of drug-likeness (QED) is 0.594. The number of halogens is 3. The average molecular weight is 405 g/mol. The number of amides is 1. The fraction of sp³-hybridized carbons (Fsp3) is 0.190. The summed E-state index contributed by atoms with van der Waals surface area (Å²) < 4.78 is 41.3. The molecular weight excluding hydrogens is 387 g/mol. The van der Waals surface area contributed by atoms with E-state index in [0.717, 1.165) is 22.9 Å². The molecule has 3 aromatic rings. The number of carbonyl (C=O) groups is 1. The molecule has 0 aliphatic rings. The predicted molar refractivity (Wildman–Crippen MR) is 102 cm³/mol. The monoisotopic (exact) mass is 405 g/mol. The summed E-state index contributed by atoms with van der Waals surface area (Å²) in [5.74, 6) is -1.61. The fourth-order valence-electron chi connectivity index (χ4n) is 2.82. The summed E-state index contributed by atoms with van der Waals surface area (Å²) >= 11 is 0. The van der Waals surface area contributed by atoms with Gasteiger partial charge in [0.1, 0.15) is 0 Å². The number of ether oxygens (including phenoxy) is 1. The molecule has 3 aromatic carbocycles. The van der Waals surface area contributed by atoms with Gasteiger partial charge in [-0.15, -0.1) is 13.2 Å². The van der Waals surface area contributed by atoms with Crippen LogP contribution in [0.2, 0.25) is 0 Å². The molecule has 0 aliphatic carbocycles. The van der Waals surface area contributed by atoms with Crippen LogP contribution in [0.5, 0.6) is 11.5 Å². The van der Waals surface area contributed by atoms with Gasteiger partial charge in [0.05, 0.1) is 6.61 Å². The molecule has 0 heterocycles. The van der Waals surface area contributed by atoms with E-state index in [9.17, 15) is 23.1 Å². The van der Waals surface area contributed by atoms with E-state index in [-0.39, 0.29) is 18.6 Å². The minimum atomic E-state index is -4.91. The lowest BCUT2D eigenvalue weighted by molar-refractivity contribution is -0.275. The van der Waals surface area contributed by atoms with Crippen LogP contribution in [0.3, 0.4) is 0 Å². The number of aliphatic hydroxyl groups is 1. The van der Waals surface area contributed by atoms with Gasteiger partial charge in [0.2, 0.25) is 0 Å². The summed E-state index contributed by atoms with van der Waals surface area (Å²) in [4.78, 5) is 12.2. The van der Waals surface area contributed by atoms with Gasteiger partial charge in [-0.05, 0) is 59.2 Å². The first-order chi connectivity index (χ1) is 13.7. The Balaban J connectivity index is 1.91. The van der Waals surface area contributed by atoms with E-state index in [0.29, 0.717) is 16.7 Å². The van der Waals surface area contributed by atoms with E-state index in [4.69, 9.17) is 5.11 Å². The van der Waals surface area contributed by atoms with Crippen LogP contribution in [0, 0.1) is 0 Å². The third-order valence-electron chi connectivity index (χ3n) is 4.27. The number of hydrogen-bond acceptors (Lipinski definition) is 4. The van der Waals surface area contributed by atoms with Crippen LogP contribution in [0.25, 0.3) is 21.9 Å². The number of benzene rings is 3. The first kappa shape index (κ1) is 20.5. The molecule has 0 saturated heterocycles. The molecule has 3 rings (SSSR count). The molecule has 5 nitrogen and oxygen atoms in total. The fourth-order valence-corrected chi connectivity index (χ4v) is 2.82. The Labute approximate surface area is 164 Å². The van der Waals surface area contributed by atoms with Crippen molar-refractivity contribution in [1.29, 1.82) is 0 Å². The number of fused-ring (bicyclic) bond motifs is 1. The van der Waals surface area contributed by atoms with E-state index in [1.54, 1.807) is 43.3 Å². The van der Waals surface area contributed by atoms with Gasteiger partial charge >= 0.3 is 6.36 Å². The Morgan fingerprint density at radius 1 is 1.03 bits per heavy atom. The van der Waals surface area contributed by atoms with Crippen molar-refractivity contribution in [3.8, 4) is 22.6 Å². The third-order valence-corrected chi connectivity index (χ3v) is 4.27. The van der Waals surface area contributed by atoms with Gasteiger partial charge in [-0.3, -0.25) is 4.79 Å². The zero-order valence-corrected chi connectivity index (χ0v) is 15.3. The van der Waals surface area contributed by atoms with Crippen molar-refractivity contribution in [2.75, 3.05) is 6.61 Å². The van der Waals surface area contributed by atoms with Gasteiger partial charge < -0.3 is 20.3 Å². The number of rotatable bonds is 5. The number of alkyl halides is 3. The molecule has 8 heteroatoms. The van der Waals surface area contributed by atoms with Crippen molar-refractivity contribution < 1.29 is 32.9 Å². The summed E-state index contributed by atoms with van der Waals surface area (Å²) in [5.41, 5.74) is 1.48. The minimum absolute atomic E-state index is 0.171. The molecule has 0 saturated carbocycles. The molecule has 0 spiro atoms. The van der Waals surface area contributed by atoms with Gasteiger partial charge in [-0.1, -0.05) is 24.3 Å². The third kappa shape index (κ3) is 4.97. The molecule has 3 N–H and O–H groups in total. The second-order valence-electron chi connectivity index (χ2n) is 6.56. The van der Waals surface area contributed by atoms with Crippen LogP contribution in [-0.4, -0.2) is 35.1 Å². The molecule has 0 radical (unpaired) electrons.